The van der Waals surface area contributed by atoms with Crippen molar-refractivity contribution in [1.82, 2.24) is 10.2 Å². The van der Waals surface area contributed by atoms with Crippen LogP contribution >= 0.6 is 0 Å². The fourth-order valence-electron chi connectivity index (χ4n) is 2.69. The van der Waals surface area contributed by atoms with Crippen molar-refractivity contribution < 1.29 is 27.9 Å². The molecular formula is C15H17F3N2O3. The molecule has 23 heavy (non-hydrogen) atoms. The molecule has 0 spiro atoms. The number of carbonyl (C=O) groups excluding carboxylic acids is 1. The van der Waals surface area contributed by atoms with Gasteiger partial charge >= 0.3 is 5.97 Å². The third-order valence-corrected chi connectivity index (χ3v) is 3.94. The Morgan fingerprint density at radius 2 is 1.83 bits per heavy atom. The fourth-order valence-corrected chi connectivity index (χ4v) is 2.69. The van der Waals surface area contributed by atoms with Crippen LogP contribution < -0.4 is 5.32 Å². The molecular weight excluding hydrogens is 313 g/mol. The van der Waals surface area contributed by atoms with E-state index < -0.39 is 34.9 Å². The van der Waals surface area contributed by atoms with Crippen molar-refractivity contribution in [3.63, 3.8) is 0 Å². The van der Waals surface area contributed by atoms with Gasteiger partial charge in [0.15, 0.2) is 0 Å². The lowest BCUT2D eigenvalue weighted by Gasteiger charge is -2.42. The number of carbonyl (C=O) groups is 2. The van der Waals surface area contributed by atoms with Crippen LogP contribution in [0.4, 0.5) is 13.2 Å². The number of carboxylic acids is 1. The summed E-state index contributed by atoms with van der Waals surface area (Å²) in [6, 6.07) is 0.615. The molecule has 1 aromatic carbocycles. The molecule has 1 aromatic rings. The Bertz CT molecular complexity index is 595. The lowest BCUT2D eigenvalue weighted by Crippen LogP contribution is -2.55. The van der Waals surface area contributed by atoms with Crippen molar-refractivity contribution in [2.24, 2.45) is 0 Å². The molecule has 1 amide bonds. The lowest BCUT2D eigenvalue weighted by molar-refractivity contribution is -0.139. The molecule has 0 bridgehead atoms. The molecule has 0 aliphatic heterocycles. The van der Waals surface area contributed by atoms with Gasteiger partial charge in [-0.05, 0) is 19.4 Å². The maximum Gasteiger partial charge on any atom is 0.317 e. The first kappa shape index (κ1) is 17.3. The van der Waals surface area contributed by atoms with Crippen molar-refractivity contribution in [3.8, 4) is 0 Å². The van der Waals surface area contributed by atoms with Crippen LogP contribution in [0.3, 0.4) is 0 Å². The van der Waals surface area contributed by atoms with Crippen molar-refractivity contribution >= 4 is 11.9 Å². The van der Waals surface area contributed by atoms with Gasteiger partial charge in [0.05, 0.1) is 6.54 Å². The summed E-state index contributed by atoms with van der Waals surface area (Å²) in [4.78, 5) is 24.4. The molecule has 126 valence electrons. The summed E-state index contributed by atoms with van der Waals surface area (Å²) in [5, 5.41) is 11.3. The smallest absolute Gasteiger partial charge is 0.317 e. The van der Waals surface area contributed by atoms with E-state index in [-0.39, 0.29) is 18.6 Å². The number of benzene rings is 1. The van der Waals surface area contributed by atoms with Crippen LogP contribution in [0.1, 0.15) is 30.1 Å². The van der Waals surface area contributed by atoms with Gasteiger partial charge in [0.1, 0.15) is 23.0 Å². The second kappa shape index (κ2) is 6.99. The molecule has 0 saturated heterocycles. The summed E-state index contributed by atoms with van der Waals surface area (Å²) in [6.07, 6.45) is 0.995. The monoisotopic (exact) mass is 330 g/mol. The highest BCUT2D eigenvalue weighted by Gasteiger charge is 2.35. The van der Waals surface area contributed by atoms with Gasteiger partial charge in [-0.3, -0.25) is 14.5 Å². The normalized spacial score (nSPS) is 20.2. The second-order valence-corrected chi connectivity index (χ2v) is 5.50. The molecule has 0 heterocycles. The van der Waals surface area contributed by atoms with E-state index >= 15 is 0 Å². The molecule has 1 aliphatic rings. The van der Waals surface area contributed by atoms with E-state index in [2.05, 4.69) is 5.32 Å². The van der Waals surface area contributed by atoms with Gasteiger partial charge in [0, 0.05) is 24.2 Å². The lowest BCUT2D eigenvalue weighted by atomic mass is 9.85. The number of hydrogen-bond acceptors (Lipinski definition) is 3. The molecule has 0 aromatic heterocycles. The third-order valence-electron chi connectivity index (χ3n) is 3.94. The maximum absolute atomic E-state index is 13.5. The van der Waals surface area contributed by atoms with Crippen molar-refractivity contribution in [2.75, 3.05) is 13.1 Å². The first-order valence-electron chi connectivity index (χ1n) is 7.23. The summed E-state index contributed by atoms with van der Waals surface area (Å²) in [5.74, 6) is -5.47. The summed E-state index contributed by atoms with van der Waals surface area (Å²) >= 11 is 0. The minimum atomic E-state index is -1.25. The zero-order valence-electron chi connectivity index (χ0n) is 12.5. The molecule has 1 saturated carbocycles. The Hall–Kier alpha value is -2.09. The van der Waals surface area contributed by atoms with E-state index in [1.807, 2.05) is 6.92 Å². The van der Waals surface area contributed by atoms with Gasteiger partial charge < -0.3 is 10.4 Å². The van der Waals surface area contributed by atoms with E-state index in [1.165, 1.54) is 0 Å². The van der Waals surface area contributed by atoms with E-state index in [0.29, 0.717) is 31.5 Å². The molecule has 8 heteroatoms. The van der Waals surface area contributed by atoms with Crippen molar-refractivity contribution in [2.45, 2.75) is 31.8 Å². The summed E-state index contributed by atoms with van der Waals surface area (Å²) in [7, 11) is 0. The SMILES string of the molecule is CCN(CC(=O)O)C1CC(NC(=O)c2c(F)cc(F)cc2F)C1. The molecule has 0 atom stereocenters. The van der Waals surface area contributed by atoms with Crippen molar-refractivity contribution in [3.05, 3.63) is 35.1 Å². The zero-order chi connectivity index (χ0) is 17.1. The summed E-state index contributed by atoms with van der Waals surface area (Å²) in [6.45, 7) is 2.29. The molecule has 5 nitrogen and oxygen atoms in total. The van der Waals surface area contributed by atoms with Gasteiger partial charge in [0.25, 0.3) is 5.91 Å². The topological polar surface area (TPSA) is 69.6 Å². The van der Waals surface area contributed by atoms with Crippen LogP contribution in [-0.4, -0.2) is 47.1 Å². The van der Waals surface area contributed by atoms with E-state index in [4.69, 9.17) is 5.11 Å². The number of halogens is 3. The van der Waals surface area contributed by atoms with Gasteiger partial charge in [0.2, 0.25) is 0 Å². The standard InChI is InChI=1S/C15H17F3N2O3/c1-2-20(7-13(21)22)10-5-9(6-10)19-15(23)14-11(17)3-8(16)4-12(14)18/h3-4,9-10H,2,5-7H2,1H3,(H,19,23)(H,21,22). The van der Waals surface area contributed by atoms with Crippen LogP contribution in [0.5, 0.6) is 0 Å². The number of nitrogens with one attached hydrogen (secondary N) is 1. The van der Waals surface area contributed by atoms with E-state index in [0.717, 1.165) is 0 Å². The molecule has 2 rings (SSSR count). The first-order chi connectivity index (χ1) is 10.8. The fraction of sp³-hybridized carbons (Fsp3) is 0.467. The van der Waals surface area contributed by atoms with Crippen LogP contribution in [0.2, 0.25) is 0 Å². The Morgan fingerprint density at radius 1 is 1.26 bits per heavy atom. The van der Waals surface area contributed by atoms with Gasteiger partial charge in [-0.15, -0.1) is 0 Å². The predicted octanol–water partition coefficient (Wildman–Crippen LogP) is 1.77. The number of carboxylic acid groups (broad SMARTS) is 1. The Balaban J connectivity index is 1.93. The van der Waals surface area contributed by atoms with Gasteiger partial charge in [-0.25, -0.2) is 13.2 Å². The number of likely N-dealkylation sites (N-methyl/N-ethyl adjacent to an activating group) is 1. The number of amides is 1. The molecule has 2 N–H and O–H groups in total. The minimum Gasteiger partial charge on any atom is -0.480 e. The van der Waals surface area contributed by atoms with Crippen LogP contribution in [0, 0.1) is 17.5 Å². The van der Waals surface area contributed by atoms with Crippen LogP contribution in [0.15, 0.2) is 12.1 Å². The van der Waals surface area contributed by atoms with Gasteiger partial charge in [-0.2, -0.15) is 0 Å². The summed E-state index contributed by atoms with van der Waals surface area (Å²) < 4.78 is 39.9. The van der Waals surface area contributed by atoms with Crippen molar-refractivity contribution in [1.29, 1.82) is 0 Å². The number of hydrogen-bond donors (Lipinski definition) is 2. The minimum absolute atomic E-state index is 0.00399. The van der Waals surface area contributed by atoms with Crippen LogP contribution in [-0.2, 0) is 4.79 Å². The highest BCUT2D eigenvalue weighted by atomic mass is 19.1. The van der Waals surface area contributed by atoms with Gasteiger partial charge in [-0.1, -0.05) is 6.92 Å². The quantitative estimate of drug-likeness (QED) is 0.834. The zero-order valence-corrected chi connectivity index (χ0v) is 12.5. The molecule has 0 radical (unpaired) electrons. The van der Waals surface area contributed by atoms with E-state index in [1.54, 1.807) is 4.90 Å². The van der Waals surface area contributed by atoms with E-state index in [9.17, 15) is 22.8 Å². The average molecular weight is 330 g/mol. The average Bonchev–Trinajstić information content (AvgIpc) is 2.38. The third kappa shape index (κ3) is 4.01. The number of nitrogens with zero attached hydrogens (tertiary/aromatic N) is 1. The first-order valence-corrected chi connectivity index (χ1v) is 7.23. The highest BCUT2D eigenvalue weighted by molar-refractivity contribution is 5.95. The Labute approximate surface area is 131 Å². The largest absolute Gasteiger partial charge is 0.480 e. The Kier molecular flexibility index (Phi) is 5.25. The molecule has 1 aliphatic carbocycles. The molecule has 1 fully saturated rings. The highest BCUT2D eigenvalue weighted by Crippen LogP contribution is 2.26. The Morgan fingerprint density at radius 3 is 2.30 bits per heavy atom. The summed E-state index contributed by atoms with van der Waals surface area (Å²) in [5.41, 5.74) is -0.812. The molecule has 0 unspecified atom stereocenters. The maximum atomic E-state index is 13.5. The predicted molar refractivity (Wildman–Crippen MR) is 75.5 cm³/mol. The number of rotatable bonds is 6. The second-order valence-electron chi connectivity index (χ2n) is 5.50. The number of aliphatic carboxylic acids is 1. The van der Waals surface area contributed by atoms with Crippen LogP contribution in [0.25, 0.3) is 0 Å².